The number of piperidine rings is 1. The molecule has 0 radical (unpaired) electrons. The standard InChI is InChI=1S/C42H62N12O16/c1-18(36(62)50-31(20(3)55)41(67)53(19(2)34(45)61)25-8-6-14-52(70)40(25)66)48-39(65)32(33(60)42(68)69)51-37(63)22(43)7-4-5-12-47-38(64)24-11-13-46-35-23(49-30(59)10-9-29(44)58)15-21-16-27(56)28(57)17-26(21)54(24)35/h16-20,22-25,31-33,55-57,60,70H,4-15,43H2,1-3H3,(H2,44,58)(H2,45,61)(H,47,64)(H,48,65)(H,49,59)(H,50,62)(H,51,63)(H,68,69)/t18-,19-,20+,22-,23?,24-,25+,31+,32+,33?/m0/s1. The van der Waals surface area contributed by atoms with Gasteiger partial charge in [-0.25, -0.2) is 9.86 Å². The molecule has 10 atom stereocenters. The molecule has 1 aromatic rings. The highest BCUT2D eigenvalue weighted by molar-refractivity contribution is 6.10. The van der Waals surface area contributed by atoms with Crippen LogP contribution in [0.25, 0.3) is 0 Å². The van der Waals surface area contributed by atoms with Gasteiger partial charge in [0.15, 0.2) is 17.6 Å². The van der Waals surface area contributed by atoms with Gasteiger partial charge in [-0.05, 0) is 70.9 Å². The predicted molar refractivity (Wildman–Crippen MR) is 241 cm³/mol. The first kappa shape index (κ1) is 55.4. The van der Waals surface area contributed by atoms with Crippen LogP contribution in [0.4, 0.5) is 5.69 Å². The first-order chi connectivity index (χ1) is 32.8. The molecule has 0 spiro atoms. The molecular weight excluding hydrogens is 929 g/mol. The number of benzene rings is 1. The highest BCUT2D eigenvalue weighted by Gasteiger charge is 2.45. The van der Waals surface area contributed by atoms with Gasteiger partial charge in [0.1, 0.15) is 42.1 Å². The lowest BCUT2D eigenvalue weighted by atomic mass is 9.92. The van der Waals surface area contributed by atoms with E-state index < -0.39 is 131 Å². The monoisotopic (exact) mass is 990 g/mol. The van der Waals surface area contributed by atoms with E-state index in [1.54, 1.807) is 4.90 Å². The Balaban J connectivity index is 1.34. The molecule has 0 aliphatic carbocycles. The molecule has 3 aliphatic heterocycles. The van der Waals surface area contributed by atoms with Gasteiger partial charge in [-0.2, -0.15) is 0 Å². The summed E-state index contributed by atoms with van der Waals surface area (Å²) >= 11 is 0. The molecule has 2 unspecified atom stereocenters. The van der Waals surface area contributed by atoms with Gasteiger partial charge in [0.25, 0.3) is 5.91 Å². The number of aliphatic imine (C=N–C) groups is 1. The summed E-state index contributed by atoms with van der Waals surface area (Å²) in [5.74, 6) is -10.9. The van der Waals surface area contributed by atoms with Crippen molar-refractivity contribution in [3.05, 3.63) is 17.7 Å². The number of hydroxylamine groups is 2. The molecule has 3 aliphatic rings. The number of nitrogens with two attached hydrogens (primary N) is 3. The third kappa shape index (κ3) is 13.8. The number of phenols is 2. The van der Waals surface area contributed by atoms with Crippen molar-refractivity contribution >= 4 is 70.7 Å². The minimum absolute atomic E-state index is 0.00258. The zero-order chi connectivity index (χ0) is 52.3. The van der Waals surface area contributed by atoms with Gasteiger partial charge in [-0.1, -0.05) is 0 Å². The van der Waals surface area contributed by atoms with Crippen LogP contribution >= 0.6 is 0 Å². The van der Waals surface area contributed by atoms with E-state index in [-0.39, 0.29) is 77.4 Å². The molecular formula is C42H62N12O16. The van der Waals surface area contributed by atoms with Gasteiger partial charge in [0.05, 0.1) is 23.9 Å². The normalized spacial score (nSPS) is 20.5. The van der Waals surface area contributed by atoms with Crippen molar-refractivity contribution in [2.75, 3.05) is 24.5 Å². The van der Waals surface area contributed by atoms with Crippen LogP contribution in [0.1, 0.15) is 77.7 Å². The Kier molecular flexibility index (Phi) is 19.3. The number of carboxylic acids is 1. The first-order valence-corrected chi connectivity index (χ1v) is 22.5. The Hall–Kier alpha value is -7.17. The quantitative estimate of drug-likeness (QED) is 0.0276. The number of phenolic OH excluding ortho intramolecular Hbond substituents is 2. The molecule has 1 fully saturated rings. The van der Waals surface area contributed by atoms with Crippen LogP contribution < -0.4 is 48.7 Å². The average Bonchev–Trinajstić information content (AvgIpc) is 3.29. The summed E-state index contributed by atoms with van der Waals surface area (Å²) in [6.07, 6.45) is -3.66. The second-order valence-electron chi connectivity index (χ2n) is 17.2. The Morgan fingerprint density at radius 1 is 0.886 bits per heavy atom. The summed E-state index contributed by atoms with van der Waals surface area (Å²) in [5, 5.41) is 73.4. The molecule has 1 saturated heterocycles. The molecule has 9 amide bonds. The molecule has 386 valence electrons. The largest absolute Gasteiger partial charge is 0.504 e. The number of hydrogen-bond acceptors (Lipinski definition) is 18. The summed E-state index contributed by atoms with van der Waals surface area (Å²) in [6, 6.07) is -9.01. The summed E-state index contributed by atoms with van der Waals surface area (Å²) in [7, 11) is 0. The zero-order valence-corrected chi connectivity index (χ0v) is 38.7. The number of carbonyl (C=O) groups excluding carboxylic acids is 9. The zero-order valence-electron chi connectivity index (χ0n) is 38.7. The number of aliphatic carboxylic acids is 1. The number of unbranched alkanes of at least 4 members (excludes halogenated alkanes) is 1. The number of aromatic hydroxyl groups is 2. The van der Waals surface area contributed by atoms with Gasteiger partial charge in [-0.15, -0.1) is 0 Å². The third-order valence-corrected chi connectivity index (χ3v) is 12.0. The highest BCUT2D eigenvalue weighted by atomic mass is 16.5. The van der Waals surface area contributed by atoms with E-state index in [4.69, 9.17) is 17.2 Å². The van der Waals surface area contributed by atoms with Crippen LogP contribution in [0.5, 0.6) is 11.5 Å². The number of primary amides is 2. The number of carboxylic acid groups (broad SMARTS) is 1. The number of nitrogens with zero attached hydrogens (tertiary/aromatic N) is 4. The summed E-state index contributed by atoms with van der Waals surface area (Å²) in [4.78, 5) is 135. The maximum Gasteiger partial charge on any atom is 0.335 e. The van der Waals surface area contributed by atoms with E-state index in [9.17, 15) is 78.7 Å². The van der Waals surface area contributed by atoms with E-state index in [2.05, 4.69) is 31.6 Å². The lowest BCUT2D eigenvalue weighted by molar-refractivity contribution is -0.181. The number of aliphatic hydroxyl groups excluding tert-OH is 2. The van der Waals surface area contributed by atoms with E-state index in [0.717, 1.165) is 18.7 Å². The highest BCUT2D eigenvalue weighted by Crippen LogP contribution is 2.40. The predicted octanol–water partition coefficient (Wildman–Crippen LogP) is -5.62. The maximum atomic E-state index is 13.8. The fourth-order valence-electron chi connectivity index (χ4n) is 8.10. The number of nitrogens with one attached hydrogen (secondary N) is 5. The van der Waals surface area contributed by atoms with Crippen molar-refractivity contribution in [1.29, 1.82) is 0 Å². The minimum Gasteiger partial charge on any atom is -0.504 e. The Labute approximate surface area is 400 Å². The van der Waals surface area contributed by atoms with Crippen molar-refractivity contribution in [3.63, 3.8) is 0 Å². The minimum atomic E-state index is -2.56. The molecule has 1 aromatic carbocycles. The van der Waals surface area contributed by atoms with E-state index in [0.29, 0.717) is 22.1 Å². The second-order valence-corrected chi connectivity index (χ2v) is 17.2. The summed E-state index contributed by atoms with van der Waals surface area (Å²) < 4.78 is 0. The van der Waals surface area contributed by atoms with Crippen molar-refractivity contribution in [3.8, 4) is 11.5 Å². The smallest absolute Gasteiger partial charge is 0.335 e. The number of carbonyl (C=O) groups is 10. The van der Waals surface area contributed by atoms with Crippen molar-refractivity contribution < 1.29 is 78.7 Å². The van der Waals surface area contributed by atoms with Gasteiger partial charge in [0.2, 0.25) is 47.3 Å². The molecule has 17 N–H and O–H groups in total. The molecule has 28 heteroatoms. The molecule has 0 aromatic heterocycles. The van der Waals surface area contributed by atoms with Crippen LogP contribution in [0.15, 0.2) is 17.1 Å². The van der Waals surface area contributed by atoms with Gasteiger partial charge < -0.3 is 79.1 Å². The third-order valence-electron chi connectivity index (χ3n) is 12.0. The van der Waals surface area contributed by atoms with Gasteiger partial charge >= 0.3 is 5.97 Å². The average molecular weight is 991 g/mol. The Morgan fingerprint density at radius 2 is 1.54 bits per heavy atom. The number of amidine groups is 1. The Bertz CT molecular complexity index is 2230. The van der Waals surface area contributed by atoms with Gasteiger partial charge in [-0.3, -0.25) is 53.4 Å². The van der Waals surface area contributed by atoms with Crippen LogP contribution in [0.3, 0.4) is 0 Å². The van der Waals surface area contributed by atoms with E-state index in [1.165, 1.54) is 19.1 Å². The van der Waals surface area contributed by atoms with Crippen LogP contribution in [-0.4, -0.2) is 186 Å². The molecule has 70 heavy (non-hydrogen) atoms. The van der Waals surface area contributed by atoms with E-state index >= 15 is 0 Å². The second kappa shape index (κ2) is 24.4. The Morgan fingerprint density at radius 3 is 2.17 bits per heavy atom. The molecule has 0 saturated carbocycles. The molecule has 28 nitrogen and oxygen atoms in total. The van der Waals surface area contributed by atoms with E-state index in [1.807, 2.05) is 0 Å². The van der Waals surface area contributed by atoms with Crippen LogP contribution in [0.2, 0.25) is 0 Å². The summed E-state index contributed by atoms with van der Waals surface area (Å²) in [5.41, 5.74) is 17.5. The molecule has 0 bridgehead atoms. The number of anilines is 1. The van der Waals surface area contributed by atoms with Crippen LogP contribution in [0, 0.1) is 0 Å². The number of hydrogen-bond donors (Lipinski definition) is 14. The van der Waals surface area contributed by atoms with Crippen molar-refractivity contribution in [2.45, 2.75) is 139 Å². The molecule has 3 heterocycles. The SMILES string of the molecule is C[C@H](NC(=O)[C@H](NC(=O)[C@@H](N)CCCCNC(=O)[C@@H]1CCN=C2C(NC(=O)CCC(N)=O)Cc3cc(O)c(O)cc3N21)C(O)C(=O)O)C(=O)N[C@@H](C(=O)N([C@@H]1CCCN(O)C1=O)[C@@H](C)C(N)=O)[C@@H](C)O. The van der Waals surface area contributed by atoms with Crippen LogP contribution in [-0.2, 0) is 54.4 Å². The van der Waals surface area contributed by atoms with Crippen molar-refractivity contribution in [2.24, 2.45) is 22.2 Å². The molecule has 4 rings (SSSR count). The lowest BCUT2D eigenvalue weighted by Gasteiger charge is -2.43. The topological polar surface area (TPSA) is 452 Å². The lowest BCUT2D eigenvalue weighted by Crippen LogP contribution is -2.65. The maximum absolute atomic E-state index is 13.8. The number of amides is 9. The fraction of sp³-hybridized carbons (Fsp3) is 0.595. The summed E-state index contributed by atoms with van der Waals surface area (Å²) in [6.45, 7) is 3.59. The number of rotatable bonds is 23. The van der Waals surface area contributed by atoms with Crippen molar-refractivity contribution in [1.82, 2.24) is 36.5 Å². The fourth-order valence-corrected chi connectivity index (χ4v) is 8.10. The number of aliphatic hydroxyl groups is 2. The van der Waals surface area contributed by atoms with Gasteiger partial charge in [0, 0.05) is 45.0 Å². The number of fused-ring (bicyclic) bond motifs is 3. The first-order valence-electron chi connectivity index (χ1n) is 22.5.